The summed E-state index contributed by atoms with van der Waals surface area (Å²) < 4.78 is 7.20. The van der Waals surface area contributed by atoms with E-state index in [0.29, 0.717) is 18.8 Å². The zero-order valence-corrected chi connectivity index (χ0v) is 14.6. The number of nitrogens with zero attached hydrogens (tertiary/aromatic N) is 4. The topological polar surface area (TPSA) is 64.2 Å². The van der Waals surface area contributed by atoms with E-state index >= 15 is 0 Å². The molecule has 1 amide bonds. The number of benzene rings is 1. The molecule has 0 unspecified atom stereocenters. The lowest BCUT2D eigenvalue weighted by Crippen LogP contribution is -2.27. The molecule has 4 rings (SSSR count). The lowest BCUT2D eigenvalue weighted by atomic mass is 10.1. The summed E-state index contributed by atoms with van der Waals surface area (Å²) in [6.07, 6.45) is 3.55. The second kappa shape index (κ2) is 6.76. The van der Waals surface area contributed by atoms with Crippen LogP contribution in [0, 0.1) is 6.92 Å². The van der Waals surface area contributed by atoms with Crippen molar-refractivity contribution in [2.24, 2.45) is 0 Å². The summed E-state index contributed by atoms with van der Waals surface area (Å²) in [5.74, 6) is 1.32. The predicted octanol–water partition coefficient (Wildman–Crippen LogP) is 3.00. The predicted molar refractivity (Wildman–Crippen MR) is 94.8 cm³/mol. The van der Waals surface area contributed by atoms with Crippen LogP contribution in [0.5, 0.6) is 0 Å². The number of thioether (sulfide) groups is 1. The third kappa shape index (κ3) is 3.46. The number of amides is 1. The van der Waals surface area contributed by atoms with E-state index in [4.69, 9.17) is 4.42 Å². The van der Waals surface area contributed by atoms with Crippen LogP contribution >= 0.6 is 11.8 Å². The SMILES string of the molecule is Cc1cccc(Cn2cc([C@H]3SCC(=O)N3Cc3ccco3)nn2)c1. The van der Waals surface area contributed by atoms with Crippen molar-refractivity contribution in [2.75, 3.05) is 5.75 Å². The number of furan rings is 1. The normalized spacial score (nSPS) is 17.4. The highest BCUT2D eigenvalue weighted by molar-refractivity contribution is 8.00. The standard InChI is InChI=1S/C18H18N4O2S/c1-13-4-2-5-14(8-13)9-21-11-16(19-20-21)18-22(17(23)12-25-18)10-15-6-3-7-24-15/h2-8,11,18H,9-10,12H2,1H3/t18-/m1/s1. The summed E-state index contributed by atoms with van der Waals surface area (Å²) in [5.41, 5.74) is 3.20. The van der Waals surface area contributed by atoms with E-state index < -0.39 is 0 Å². The molecular formula is C18H18N4O2S. The maximum atomic E-state index is 12.2. The molecule has 0 N–H and O–H groups in total. The fraction of sp³-hybridized carbons (Fsp3) is 0.278. The van der Waals surface area contributed by atoms with Gasteiger partial charge in [-0.05, 0) is 24.6 Å². The summed E-state index contributed by atoms with van der Waals surface area (Å²) in [5, 5.41) is 8.41. The minimum Gasteiger partial charge on any atom is -0.467 e. The van der Waals surface area contributed by atoms with Gasteiger partial charge in [0.2, 0.25) is 5.91 Å². The Labute approximate surface area is 149 Å². The third-order valence-electron chi connectivity index (χ3n) is 4.11. The molecular weight excluding hydrogens is 336 g/mol. The number of hydrogen-bond acceptors (Lipinski definition) is 5. The molecule has 0 bridgehead atoms. The molecule has 128 valence electrons. The van der Waals surface area contributed by atoms with Crippen LogP contribution in [0.4, 0.5) is 0 Å². The molecule has 1 aromatic carbocycles. The summed E-state index contributed by atoms with van der Waals surface area (Å²) in [6, 6.07) is 12.0. The minimum absolute atomic E-state index is 0.0969. The van der Waals surface area contributed by atoms with Crippen molar-refractivity contribution >= 4 is 17.7 Å². The van der Waals surface area contributed by atoms with Gasteiger partial charge in [0, 0.05) is 0 Å². The van der Waals surface area contributed by atoms with Crippen LogP contribution in [0.1, 0.15) is 28.0 Å². The van der Waals surface area contributed by atoms with Crippen molar-refractivity contribution in [1.82, 2.24) is 19.9 Å². The molecule has 25 heavy (non-hydrogen) atoms. The van der Waals surface area contributed by atoms with Gasteiger partial charge in [0.15, 0.2) is 0 Å². The first-order valence-electron chi connectivity index (χ1n) is 8.08. The first-order chi connectivity index (χ1) is 12.2. The number of aryl methyl sites for hydroxylation is 1. The molecule has 1 saturated heterocycles. The summed E-state index contributed by atoms with van der Waals surface area (Å²) >= 11 is 1.57. The van der Waals surface area contributed by atoms with Gasteiger partial charge in [-0.3, -0.25) is 4.79 Å². The summed E-state index contributed by atoms with van der Waals surface area (Å²) in [7, 11) is 0. The van der Waals surface area contributed by atoms with E-state index in [1.54, 1.807) is 22.9 Å². The molecule has 0 spiro atoms. The van der Waals surface area contributed by atoms with Crippen molar-refractivity contribution in [1.29, 1.82) is 0 Å². The molecule has 1 fully saturated rings. The molecule has 6 nitrogen and oxygen atoms in total. The Balaban J connectivity index is 1.51. The molecule has 0 saturated carbocycles. The highest BCUT2D eigenvalue weighted by Gasteiger charge is 2.35. The summed E-state index contributed by atoms with van der Waals surface area (Å²) in [6.45, 7) is 3.19. The van der Waals surface area contributed by atoms with Crippen LogP contribution in [0.2, 0.25) is 0 Å². The number of carbonyl (C=O) groups is 1. The molecule has 1 atom stereocenters. The average Bonchev–Trinajstić information content (AvgIpc) is 3.31. The van der Waals surface area contributed by atoms with Crippen LogP contribution in [0.25, 0.3) is 0 Å². The van der Waals surface area contributed by atoms with Gasteiger partial charge in [-0.25, -0.2) is 4.68 Å². The zero-order chi connectivity index (χ0) is 17.2. The first kappa shape index (κ1) is 16.0. The molecule has 1 aliphatic rings. The van der Waals surface area contributed by atoms with E-state index in [-0.39, 0.29) is 11.3 Å². The van der Waals surface area contributed by atoms with Crippen LogP contribution in [0.3, 0.4) is 0 Å². The van der Waals surface area contributed by atoms with Crippen LogP contribution < -0.4 is 0 Å². The van der Waals surface area contributed by atoms with E-state index in [9.17, 15) is 4.79 Å². The molecule has 3 heterocycles. The van der Waals surface area contributed by atoms with E-state index in [0.717, 1.165) is 11.5 Å². The molecule has 2 aromatic heterocycles. The van der Waals surface area contributed by atoms with Crippen molar-refractivity contribution in [3.05, 3.63) is 71.4 Å². The Morgan fingerprint density at radius 3 is 3.00 bits per heavy atom. The van der Waals surface area contributed by atoms with Gasteiger partial charge in [0.05, 0.1) is 31.3 Å². The van der Waals surface area contributed by atoms with Crippen molar-refractivity contribution < 1.29 is 9.21 Å². The maximum Gasteiger partial charge on any atom is 0.234 e. The van der Waals surface area contributed by atoms with Crippen LogP contribution in [-0.4, -0.2) is 31.6 Å². The number of carbonyl (C=O) groups excluding carboxylic acids is 1. The molecule has 7 heteroatoms. The van der Waals surface area contributed by atoms with E-state index in [1.807, 2.05) is 29.1 Å². The second-order valence-corrected chi connectivity index (χ2v) is 7.16. The fourth-order valence-corrected chi connectivity index (χ4v) is 4.06. The van der Waals surface area contributed by atoms with Gasteiger partial charge in [0.25, 0.3) is 0 Å². The third-order valence-corrected chi connectivity index (χ3v) is 5.34. The lowest BCUT2D eigenvalue weighted by Gasteiger charge is -2.20. The maximum absolute atomic E-state index is 12.2. The Morgan fingerprint density at radius 2 is 2.20 bits per heavy atom. The number of rotatable bonds is 5. The summed E-state index contributed by atoms with van der Waals surface area (Å²) in [4.78, 5) is 14.0. The quantitative estimate of drug-likeness (QED) is 0.705. The van der Waals surface area contributed by atoms with E-state index in [2.05, 4.69) is 35.4 Å². The van der Waals surface area contributed by atoms with Gasteiger partial charge in [0.1, 0.15) is 16.8 Å². The molecule has 0 aliphatic carbocycles. The Bertz CT molecular complexity index is 875. The van der Waals surface area contributed by atoms with Crippen LogP contribution in [0.15, 0.2) is 53.3 Å². The van der Waals surface area contributed by atoms with Gasteiger partial charge in [-0.15, -0.1) is 16.9 Å². The van der Waals surface area contributed by atoms with Gasteiger partial charge in [-0.2, -0.15) is 0 Å². The Hall–Kier alpha value is -2.54. The highest BCUT2D eigenvalue weighted by atomic mass is 32.2. The zero-order valence-electron chi connectivity index (χ0n) is 13.8. The average molecular weight is 354 g/mol. The number of aromatic nitrogens is 3. The van der Waals surface area contributed by atoms with E-state index in [1.165, 1.54) is 11.1 Å². The minimum atomic E-state index is -0.121. The van der Waals surface area contributed by atoms with Gasteiger partial charge < -0.3 is 9.32 Å². The first-order valence-corrected chi connectivity index (χ1v) is 9.13. The highest BCUT2D eigenvalue weighted by Crippen LogP contribution is 2.38. The molecule has 0 radical (unpaired) electrons. The molecule has 3 aromatic rings. The second-order valence-electron chi connectivity index (χ2n) is 6.09. The van der Waals surface area contributed by atoms with Gasteiger partial charge in [-0.1, -0.05) is 35.0 Å². The van der Waals surface area contributed by atoms with Crippen molar-refractivity contribution in [3.8, 4) is 0 Å². The largest absolute Gasteiger partial charge is 0.467 e. The lowest BCUT2D eigenvalue weighted by molar-refractivity contribution is -0.128. The van der Waals surface area contributed by atoms with Crippen LogP contribution in [-0.2, 0) is 17.9 Å². The van der Waals surface area contributed by atoms with Crippen molar-refractivity contribution in [2.45, 2.75) is 25.4 Å². The molecule has 1 aliphatic heterocycles. The Kier molecular flexibility index (Phi) is 4.31. The van der Waals surface area contributed by atoms with Gasteiger partial charge >= 0.3 is 0 Å². The fourth-order valence-electron chi connectivity index (χ4n) is 2.94. The monoisotopic (exact) mass is 354 g/mol. The smallest absolute Gasteiger partial charge is 0.234 e. The Morgan fingerprint density at radius 1 is 1.28 bits per heavy atom. The van der Waals surface area contributed by atoms with Crippen molar-refractivity contribution in [3.63, 3.8) is 0 Å². The number of hydrogen-bond donors (Lipinski definition) is 0.